The topological polar surface area (TPSA) is 24.4 Å². The van der Waals surface area contributed by atoms with Gasteiger partial charge in [-0.1, -0.05) is 68.7 Å². The molecule has 0 spiro atoms. The van der Waals surface area contributed by atoms with Crippen LogP contribution in [-0.4, -0.2) is 18.8 Å². The molecule has 1 unspecified atom stereocenters. The van der Waals surface area contributed by atoms with Crippen LogP contribution in [0.1, 0.15) is 68.6 Å². The van der Waals surface area contributed by atoms with Crippen LogP contribution in [0, 0.1) is 18.8 Å². The van der Waals surface area contributed by atoms with Crippen molar-refractivity contribution in [3.8, 4) is 0 Å². The van der Waals surface area contributed by atoms with Crippen molar-refractivity contribution in [1.29, 1.82) is 0 Å². The average Bonchev–Trinajstić information content (AvgIpc) is 2.65. The van der Waals surface area contributed by atoms with Crippen molar-refractivity contribution in [2.45, 2.75) is 71.4 Å². The molecule has 0 radical (unpaired) electrons. The normalized spacial score (nSPS) is 20.9. The van der Waals surface area contributed by atoms with E-state index in [-0.39, 0.29) is 0 Å². The summed E-state index contributed by atoms with van der Waals surface area (Å²) in [6.07, 6.45) is 20.2. The summed E-state index contributed by atoms with van der Waals surface area (Å²) in [4.78, 5) is 4.65. The molecule has 0 saturated heterocycles. The van der Waals surface area contributed by atoms with Gasteiger partial charge in [0.15, 0.2) is 0 Å². The van der Waals surface area contributed by atoms with E-state index in [1.807, 2.05) is 0 Å². The Hall–Kier alpha value is -1.67. The number of rotatable bonds is 10. The van der Waals surface area contributed by atoms with E-state index in [0.717, 1.165) is 19.0 Å². The Morgan fingerprint density at radius 3 is 2.81 bits per heavy atom. The average molecular weight is 365 g/mol. The summed E-state index contributed by atoms with van der Waals surface area (Å²) in [6.45, 7) is 6.42. The first-order valence-electron chi connectivity index (χ1n) is 10.9. The Balaban J connectivity index is 1.45. The van der Waals surface area contributed by atoms with Crippen LogP contribution in [0.15, 0.2) is 47.5 Å². The highest BCUT2D eigenvalue weighted by Crippen LogP contribution is 2.29. The molecule has 146 valence electrons. The summed E-state index contributed by atoms with van der Waals surface area (Å²) in [7, 11) is 0. The monoisotopic (exact) mass is 364 g/mol. The van der Waals surface area contributed by atoms with Gasteiger partial charge in [-0.2, -0.15) is 0 Å². The van der Waals surface area contributed by atoms with Gasteiger partial charge in [0.1, 0.15) is 0 Å². The van der Waals surface area contributed by atoms with Crippen LogP contribution >= 0.6 is 0 Å². The first-order valence-corrected chi connectivity index (χ1v) is 10.9. The number of hydrogen-bond donors (Lipinski definition) is 1. The zero-order chi connectivity index (χ0) is 18.9. The van der Waals surface area contributed by atoms with Gasteiger partial charge in [-0.15, -0.1) is 0 Å². The highest BCUT2D eigenvalue weighted by molar-refractivity contribution is 5.81. The fourth-order valence-electron chi connectivity index (χ4n) is 4.02. The highest BCUT2D eigenvalue weighted by atomic mass is 14.9. The standard InChI is InChI=1S/C25H36N2/c1-3-25(17-22-8-5-4-6-9-22)27-18-23-12-13-24(20(2)16-23)19-26-15-14-21-10-7-11-21/h4-6,8,12-13,16,19,21-22,25,27H,3,7,9-11,14-15,17-18H2,1-2H3/t22?,25-/m1/s1. The van der Waals surface area contributed by atoms with E-state index in [0.29, 0.717) is 12.0 Å². The van der Waals surface area contributed by atoms with Gasteiger partial charge in [0.25, 0.3) is 0 Å². The number of aryl methyl sites for hydroxylation is 1. The number of benzene rings is 1. The zero-order valence-corrected chi connectivity index (χ0v) is 17.2. The van der Waals surface area contributed by atoms with Crippen LogP contribution in [0.3, 0.4) is 0 Å². The molecule has 1 fully saturated rings. The van der Waals surface area contributed by atoms with Gasteiger partial charge in [-0.25, -0.2) is 0 Å². The first-order chi connectivity index (χ1) is 13.2. The Kier molecular flexibility index (Phi) is 7.89. The highest BCUT2D eigenvalue weighted by Gasteiger charge is 2.16. The van der Waals surface area contributed by atoms with E-state index in [9.17, 15) is 0 Å². The van der Waals surface area contributed by atoms with E-state index in [1.165, 1.54) is 61.6 Å². The molecule has 2 nitrogen and oxygen atoms in total. The number of hydrogen-bond acceptors (Lipinski definition) is 2. The lowest BCUT2D eigenvalue weighted by molar-refractivity contribution is 0.300. The number of nitrogens with zero attached hydrogens (tertiary/aromatic N) is 1. The van der Waals surface area contributed by atoms with Gasteiger partial charge in [0.2, 0.25) is 0 Å². The lowest BCUT2D eigenvalue weighted by Gasteiger charge is -2.24. The van der Waals surface area contributed by atoms with Crippen molar-refractivity contribution in [3.05, 3.63) is 59.2 Å². The Morgan fingerprint density at radius 2 is 2.15 bits per heavy atom. The van der Waals surface area contributed by atoms with Crippen LogP contribution in [-0.2, 0) is 6.54 Å². The van der Waals surface area contributed by atoms with Crippen molar-refractivity contribution in [1.82, 2.24) is 5.32 Å². The zero-order valence-electron chi connectivity index (χ0n) is 17.2. The van der Waals surface area contributed by atoms with Crippen molar-refractivity contribution in [3.63, 3.8) is 0 Å². The van der Waals surface area contributed by atoms with E-state index in [4.69, 9.17) is 0 Å². The predicted molar refractivity (Wildman–Crippen MR) is 118 cm³/mol. The summed E-state index contributed by atoms with van der Waals surface area (Å²) in [5.41, 5.74) is 3.96. The summed E-state index contributed by atoms with van der Waals surface area (Å²) < 4.78 is 0. The van der Waals surface area contributed by atoms with Crippen LogP contribution in [0.5, 0.6) is 0 Å². The fraction of sp³-hybridized carbons (Fsp3) is 0.560. The van der Waals surface area contributed by atoms with E-state index in [2.05, 4.69) is 72.9 Å². The Bertz CT molecular complexity index is 667. The van der Waals surface area contributed by atoms with Gasteiger partial charge in [0.05, 0.1) is 0 Å². The predicted octanol–water partition coefficient (Wildman–Crippen LogP) is 5.99. The van der Waals surface area contributed by atoms with Gasteiger partial charge in [0, 0.05) is 25.3 Å². The van der Waals surface area contributed by atoms with Crippen LogP contribution in [0.2, 0.25) is 0 Å². The molecular weight excluding hydrogens is 328 g/mol. The molecule has 0 bridgehead atoms. The molecule has 2 atom stereocenters. The largest absolute Gasteiger partial charge is 0.310 e. The number of allylic oxidation sites excluding steroid dienone is 4. The van der Waals surface area contributed by atoms with Crippen molar-refractivity contribution < 1.29 is 0 Å². The van der Waals surface area contributed by atoms with E-state index >= 15 is 0 Å². The minimum atomic E-state index is 0.583. The van der Waals surface area contributed by atoms with E-state index < -0.39 is 0 Å². The maximum absolute atomic E-state index is 4.65. The third-order valence-electron chi connectivity index (χ3n) is 6.20. The Morgan fingerprint density at radius 1 is 1.26 bits per heavy atom. The molecular formula is C25H36N2. The lowest BCUT2D eigenvalue weighted by Crippen LogP contribution is -2.30. The third kappa shape index (κ3) is 6.46. The van der Waals surface area contributed by atoms with Crippen molar-refractivity contribution in [2.24, 2.45) is 16.8 Å². The summed E-state index contributed by atoms with van der Waals surface area (Å²) >= 11 is 0. The number of aliphatic imine (C=N–C) groups is 1. The molecule has 1 aromatic carbocycles. The van der Waals surface area contributed by atoms with Gasteiger partial charge in [-0.05, 0) is 61.1 Å². The maximum Gasteiger partial charge on any atom is 0.0392 e. The second kappa shape index (κ2) is 10.6. The summed E-state index contributed by atoms with van der Waals surface area (Å²) in [5.74, 6) is 1.64. The number of nitrogens with one attached hydrogen (secondary N) is 1. The molecule has 1 aromatic rings. The molecule has 2 aliphatic rings. The SMILES string of the molecule is CC[C@H](CC1C=CC=CC1)NCc1ccc(C=NCCC2CCC2)c(C)c1. The lowest BCUT2D eigenvalue weighted by atomic mass is 9.83. The molecule has 0 aliphatic heterocycles. The summed E-state index contributed by atoms with van der Waals surface area (Å²) in [5, 5.41) is 3.77. The van der Waals surface area contributed by atoms with E-state index in [1.54, 1.807) is 0 Å². The smallest absolute Gasteiger partial charge is 0.0392 e. The molecule has 0 amide bonds. The summed E-state index contributed by atoms with van der Waals surface area (Å²) in [6, 6.07) is 7.38. The van der Waals surface area contributed by atoms with Crippen LogP contribution < -0.4 is 5.32 Å². The van der Waals surface area contributed by atoms with Gasteiger partial charge >= 0.3 is 0 Å². The quantitative estimate of drug-likeness (QED) is 0.506. The molecule has 0 aromatic heterocycles. The molecule has 2 heteroatoms. The molecule has 27 heavy (non-hydrogen) atoms. The molecule has 1 N–H and O–H groups in total. The third-order valence-corrected chi connectivity index (χ3v) is 6.20. The minimum Gasteiger partial charge on any atom is -0.310 e. The second-order valence-electron chi connectivity index (χ2n) is 8.34. The van der Waals surface area contributed by atoms with Crippen molar-refractivity contribution >= 4 is 6.21 Å². The van der Waals surface area contributed by atoms with Crippen molar-refractivity contribution in [2.75, 3.05) is 6.54 Å². The van der Waals surface area contributed by atoms with Gasteiger partial charge in [-0.3, -0.25) is 4.99 Å². The maximum atomic E-state index is 4.65. The fourth-order valence-corrected chi connectivity index (χ4v) is 4.02. The molecule has 2 aliphatic carbocycles. The second-order valence-corrected chi connectivity index (χ2v) is 8.34. The van der Waals surface area contributed by atoms with Gasteiger partial charge < -0.3 is 5.32 Å². The Labute approximate surface area is 165 Å². The minimum absolute atomic E-state index is 0.583. The molecule has 0 heterocycles. The molecule has 3 rings (SSSR count). The van der Waals surface area contributed by atoms with Crippen LogP contribution in [0.25, 0.3) is 0 Å². The molecule has 1 saturated carbocycles. The first kappa shape index (κ1) is 20.1. The van der Waals surface area contributed by atoms with Crippen LogP contribution in [0.4, 0.5) is 0 Å².